The van der Waals surface area contributed by atoms with Crippen molar-refractivity contribution in [3.63, 3.8) is 0 Å². The van der Waals surface area contributed by atoms with Crippen molar-refractivity contribution in [2.45, 2.75) is 25.9 Å². The summed E-state index contributed by atoms with van der Waals surface area (Å²) in [6, 6.07) is 5.61. The second-order valence-electron chi connectivity index (χ2n) is 3.45. The second-order valence-corrected chi connectivity index (χ2v) is 4.32. The Balaban J connectivity index is 2.76. The number of hydrogen-bond donors (Lipinski definition) is 2. The number of rotatable bonds is 3. The minimum Gasteiger partial charge on any atom is -0.381 e. The van der Waals surface area contributed by atoms with Crippen molar-refractivity contribution in [1.82, 2.24) is 0 Å². The van der Waals surface area contributed by atoms with E-state index in [-0.39, 0.29) is 12.1 Å². The van der Waals surface area contributed by atoms with Crippen LogP contribution in [0, 0.1) is 0 Å². The Bertz CT molecular complexity index is 293. The van der Waals surface area contributed by atoms with Gasteiger partial charge in [0.2, 0.25) is 0 Å². The predicted octanol–water partition coefficient (Wildman–Crippen LogP) is 3.14. The van der Waals surface area contributed by atoms with Gasteiger partial charge in [-0.1, -0.05) is 23.2 Å². The van der Waals surface area contributed by atoms with Crippen LogP contribution in [-0.2, 0) is 0 Å². The van der Waals surface area contributed by atoms with Gasteiger partial charge in [0.1, 0.15) is 0 Å². The first kappa shape index (κ1) is 11.6. The molecule has 2 nitrogen and oxygen atoms in total. The van der Waals surface area contributed by atoms with Crippen molar-refractivity contribution in [3.05, 3.63) is 28.2 Å². The molecular weight excluding hydrogens is 219 g/mol. The normalized spacial score (nSPS) is 14.9. The van der Waals surface area contributed by atoms with Crippen LogP contribution in [0.25, 0.3) is 0 Å². The third-order valence-electron chi connectivity index (χ3n) is 2.05. The maximum absolute atomic E-state index is 5.86. The Morgan fingerprint density at radius 3 is 2.07 bits per heavy atom. The third kappa shape index (κ3) is 3.37. The summed E-state index contributed by atoms with van der Waals surface area (Å²) in [4.78, 5) is 0. The summed E-state index contributed by atoms with van der Waals surface area (Å²) in [7, 11) is 0. The first-order valence-corrected chi connectivity index (χ1v) is 5.23. The van der Waals surface area contributed by atoms with Gasteiger partial charge in [0.25, 0.3) is 0 Å². The van der Waals surface area contributed by atoms with Gasteiger partial charge in [-0.2, -0.15) is 0 Å². The number of hydrogen-bond acceptors (Lipinski definition) is 2. The topological polar surface area (TPSA) is 38.0 Å². The lowest BCUT2D eigenvalue weighted by Crippen LogP contribution is -2.35. The van der Waals surface area contributed by atoms with E-state index in [0.29, 0.717) is 10.0 Å². The Labute approximate surface area is 94.4 Å². The molecule has 0 aliphatic rings. The monoisotopic (exact) mass is 232 g/mol. The van der Waals surface area contributed by atoms with E-state index in [0.717, 1.165) is 5.69 Å². The average molecular weight is 233 g/mol. The molecule has 1 rings (SSSR count). The van der Waals surface area contributed by atoms with Crippen LogP contribution < -0.4 is 11.1 Å². The van der Waals surface area contributed by atoms with Crippen molar-refractivity contribution in [2.24, 2.45) is 5.73 Å². The zero-order chi connectivity index (χ0) is 10.7. The van der Waals surface area contributed by atoms with Crippen LogP contribution in [0.1, 0.15) is 13.8 Å². The first-order chi connectivity index (χ1) is 6.49. The van der Waals surface area contributed by atoms with Gasteiger partial charge in [-0.3, -0.25) is 0 Å². The molecule has 2 atom stereocenters. The van der Waals surface area contributed by atoms with E-state index in [9.17, 15) is 0 Å². The Morgan fingerprint density at radius 1 is 1.14 bits per heavy atom. The highest BCUT2D eigenvalue weighted by atomic mass is 35.5. The molecule has 0 aromatic heterocycles. The minimum absolute atomic E-state index is 0.0766. The van der Waals surface area contributed by atoms with Crippen molar-refractivity contribution in [3.8, 4) is 0 Å². The maximum atomic E-state index is 5.86. The fourth-order valence-electron chi connectivity index (χ4n) is 1.03. The smallest absolute Gasteiger partial charge is 0.0441 e. The molecule has 0 saturated heterocycles. The number of nitrogens with two attached hydrogens (primary N) is 1. The Morgan fingerprint density at radius 2 is 1.64 bits per heavy atom. The quantitative estimate of drug-likeness (QED) is 0.841. The van der Waals surface area contributed by atoms with E-state index in [1.54, 1.807) is 6.07 Å². The lowest BCUT2D eigenvalue weighted by Gasteiger charge is -2.18. The molecule has 0 heterocycles. The highest BCUT2D eigenvalue weighted by Crippen LogP contribution is 2.23. The molecule has 0 aliphatic heterocycles. The molecule has 0 spiro atoms. The number of benzene rings is 1. The predicted molar refractivity (Wildman–Crippen MR) is 63.2 cm³/mol. The van der Waals surface area contributed by atoms with Crippen LogP contribution in [0.15, 0.2) is 18.2 Å². The van der Waals surface area contributed by atoms with E-state index in [4.69, 9.17) is 28.9 Å². The molecule has 3 N–H and O–H groups in total. The van der Waals surface area contributed by atoms with Gasteiger partial charge in [-0.15, -0.1) is 0 Å². The Hall–Kier alpha value is -0.440. The van der Waals surface area contributed by atoms with Gasteiger partial charge in [-0.25, -0.2) is 0 Å². The van der Waals surface area contributed by atoms with Crippen molar-refractivity contribution in [1.29, 1.82) is 0 Å². The van der Waals surface area contributed by atoms with E-state index in [1.807, 2.05) is 26.0 Å². The molecule has 0 saturated carbocycles. The van der Waals surface area contributed by atoms with Gasteiger partial charge in [0.05, 0.1) is 0 Å². The molecule has 4 heteroatoms. The molecule has 0 bridgehead atoms. The van der Waals surface area contributed by atoms with Crippen LogP contribution in [0.2, 0.25) is 10.0 Å². The molecule has 0 radical (unpaired) electrons. The van der Waals surface area contributed by atoms with Gasteiger partial charge in [0, 0.05) is 27.8 Å². The minimum atomic E-state index is 0.0766. The highest BCUT2D eigenvalue weighted by molar-refractivity contribution is 6.35. The second kappa shape index (κ2) is 4.87. The third-order valence-corrected chi connectivity index (χ3v) is 2.48. The molecule has 14 heavy (non-hydrogen) atoms. The van der Waals surface area contributed by atoms with Crippen molar-refractivity contribution in [2.75, 3.05) is 5.32 Å². The standard InChI is InChI=1S/C10H14Cl2N2/c1-6(13)7(2)14-10-4-8(11)3-9(12)5-10/h3-7,14H,13H2,1-2H3. The summed E-state index contributed by atoms with van der Waals surface area (Å²) >= 11 is 11.7. The zero-order valence-corrected chi connectivity index (χ0v) is 9.73. The molecule has 0 fully saturated rings. The molecule has 1 aromatic carbocycles. The van der Waals surface area contributed by atoms with Gasteiger partial charge < -0.3 is 11.1 Å². The lowest BCUT2D eigenvalue weighted by molar-refractivity contribution is 0.638. The van der Waals surface area contributed by atoms with E-state index in [2.05, 4.69) is 5.32 Å². The fourth-order valence-corrected chi connectivity index (χ4v) is 1.56. The lowest BCUT2D eigenvalue weighted by atomic mass is 10.2. The van der Waals surface area contributed by atoms with Crippen LogP contribution in [0.4, 0.5) is 5.69 Å². The number of halogens is 2. The van der Waals surface area contributed by atoms with Gasteiger partial charge in [0.15, 0.2) is 0 Å². The van der Waals surface area contributed by atoms with E-state index >= 15 is 0 Å². The molecule has 2 unspecified atom stereocenters. The molecular formula is C10H14Cl2N2. The first-order valence-electron chi connectivity index (χ1n) is 4.47. The van der Waals surface area contributed by atoms with Gasteiger partial charge in [-0.05, 0) is 32.0 Å². The van der Waals surface area contributed by atoms with Crippen LogP contribution in [0.3, 0.4) is 0 Å². The number of anilines is 1. The van der Waals surface area contributed by atoms with Crippen molar-refractivity contribution < 1.29 is 0 Å². The summed E-state index contributed by atoms with van der Waals surface area (Å²) in [5.41, 5.74) is 6.63. The zero-order valence-electron chi connectivity index (χ0n) is 8.22. The van der Waals surface area contributed by atoms with Gasteiger partial charge >= 0.3 is 0 Å². The molecule has 0 aliphatic carbocycles. The van der Waals surface area contributed by atoms with Crippen LogP contribution in [0.5, 0.6) is 0 Å². The number of nitrogens with one attached hydrogen (secondary N) is 1. The molecule has 1 aromatic rings. The molecule has 0 amide bonds. The highest BCUT2D eigenvalue weighted by Gasteiger charge is 2.07. The van der Waals surface area contributed by atoms with Crippen LogP contribution >= 0.6 is 23.2 Å². The summed E-state index contributed by atoms with van der Waals surface area (Å²) in [5, 5.41) is 4.47. The summed E-state index contributed by atoms with van der Waals surface area (Å²) in [6.45, 7) is 3.96. The Kier molecular flexibility index (Phi) is 4.05. The summed E-state index contributed by atoms with van der Waals surface area (Å²) in [5.74, 6) is 0. The van der Waals surface area contributed by atoms with Crippen molar-refractivity contribution >= 4 is 28.9 Å². The summed E-state index contributed by atoms with van der Waals surface area (Å²) in [6.07, 6.45) is 0. The fraction of sp³-hybridized carbons (Fsp3) is 0.400. The van der Waals surface area contributed by atoms with Crippen LogP contribution in [-0.4, -0.2) is 12.1 Å². The maximum Gasteiger partial charge on any atom is 0.0441 e. The summed E-state index contributed by atoms with van der Waals surface area (Å²) < 4.78 is 0. The average Bonchev–Trinajstić information content (AvgIpc) is 2.01. The molecule has 78 valence electrons. The largest absolute Gasteiger partial charge is 0.381 e. The van der Waals surface area contributed by atoms with E-state index in [1.165, 1.54) is 0 Å². The SMILES string of the molecule is CC(N)C(C)Nc1cc(Cl)cc(Cl)c1. The van der Waals surface area contributed by atoms with E-state index < -0.39 is 0 Å².